The molecule has 2 unspecified atom stereocenters. The topological polar surface area (TPSA) is 92.1 Å². The fourth-order valence-corrected chi connectivity index (χ4v) is 6.78. The first kappa shape index (κ1) is 21.0. The number of carbonyl (C=O) groups is 2. The van der Waals surface area contributed by atoms with Crippen molar-refractivity contribution in [2.45, 2.75) is 57.8 Å². The third kappa shape index (κ3) is 3.47. The molecule has 4 aliphatic carbocycles. The summed E-state index contributed by atoms with van der Waals surface area (Å²) in [6, 6.07) is 8.18. The normalized spacial score (nSPS) is 31.3. The highest BCUT2D eigenvalue weighted by Gasteiger charge is 2.56. The second kappa shape index (κ2) is 8.25. The van der Waals surface area contributed by atoms with Crippen molar-refractivity contribution < 1.29 is 14.3 Å². The summed E-state index contributed by atoms with van der Waals surface area (Å²) in [5.41, 5.74) is 13.5. The van der Waals surface area contributed by atoms with Gasteiger partial charge in [0.25, 0.3) is 0 Å². The van der Waals surface area contributed by atoms with Gasteiger partial charge in [0.1, 0.15) is 11.5 Å². The van der Waals surface area contributed by atoms with Crippen LogP contribution in [0.1, 0.15) is 63.4 Å². The summed E-state index contributed by atoms with van der Waals surface area (Å²) >= 11 is 0. The molecule has 0 saturated heterocycles. The van der Waals surface area contributed by atoms with E-state index in [9.17, 15) is 9.59 Å². The standard InChI is InChI=1S/C26H29N3O3/c1-26-15-22(16-2-6-19(7-3-16)32-13-12-28-29-27)25-20-9-5-18(30)14-17(20)4-8-21(25)23(26)10-11-24(26)31/h2-3,6-7,14,21-23H,4-5,8-13,15H2,1H3/t21?,22-,23?,26+/m1/s1. The van der Waals surface area contributed by atoms with Crippen molar-refractivity contribution >= 4 is 11.6 Å². The van der Waals surface area contributed by atoms with Gasteiger partial charge in [0.2, 0.25) is 0 Å². The zero-order valence-electron chi connectivity index (χ0n) is 18.5. The van der Waals surface area contributed by atoms with Gasteiger partial charge in [-0.25, -0.2) is 0 Å². The molecule has 0 bridgehead atoms. The van der Waals surface area contributed by atoms with Gasteiger partial charge >= 0.3 is 0 Å². The molecule has 0 heterocycles. The molecule has 0 N–H and O–H groups in total. The fourth-order valence-electron chi connectivity index (χ4n) is 6.78. The summed E-state index contributed by atoms with van der Waals surface area (Å²) in [5.74, 6) is 2.49. The Balaban J connectivity index is 1.52. The Hall–Kier alpha value is -2.85. The molecule has 1 aromatic rings. The minimum atomic E-state index is -0.254. The Labute approximate surface area is 188 Å². The molecule has 2 fully saturated rings. The smallest absolute Gasteiger partial charge is 0.156 e. The number of hydrogen-bond acceptors (Lipinski definition) is 4. The van der Waals surface area contributed by atoms with E-state index in [-0.39, 0.29) is 17.1 Å². The summed E-state index contributed by atoms with van der Waals surface area (Å²) in [5, 5.41) is 3.50. The highest BCUT2D eigenvalue weighted by Crippen LogP contribution is 2.62. The maximum absolute atomic E-state index is 13.0. The zero-order valence-corrected chi connectivity index (χ0v) is 18.5. The summed E-state index contributed by atoms with van der Waals surface area (Å²) in [4.78, 5) is 27.8. The average molecular weight is 432 g/mol. The van der Waals surface area contributed by atoms with Crippen LogP contribution in [0, 0.1) is 17.3 Å². The first-order valence-corrected chi connectivity index (χ1v) is 11.7. The SMILES string of the molecule is C[C@]12C[C@H](c3ccc(OCCN=[N+]=[N-])cc3)C3=C4CCC(=O)C=C4CCC3C1CCC2=O. The Morgan fingerprint density at radius 2 is 1.94 bits per heavy atom. The van der Waals surface area contributed by atoms with Gasteiger partial charge in [0, 0.05) is 29.1 Å². The summed E-state index contributed by atoms with van der Waals surface area (Å²) in [7, 11) is 0. The first-order valence-electron chi connectivity index (χ1n) is 11.7. The number of fused-ring (bicyclic) bond motifs is 4. The predicted molar refractivity (Wildman–Crippen MR) is 121 cm³/mol. The highest BCUT2D eigenvalue weighted by molar-refractivity contribution is 5.93. The largest absolute Gasteiger partial charge is 0.493 e. The predicted octanol–water partition coefficient (Wildman–Crippen LogP) is 5.84. The van der Waals surface area contributed by atoms with Crippen LogP contribution in [-0.4, -0.2) is 24.7 Å². The second-order valence-corrected chi connectivity index (χ2v) is 9.83. The highest BCUT2D eigenvalue weighted by atomic mass is 16.5. The lowest BCUT2D eigenvalue weighted by Crippen LogP contribution is -2.43. The van der Waals surface area contributed by atoms with Crippen LogP contribution >= 0.6 is 0 Å². The number of azide groups is 1. The Kier molecular flexibility index (Phi) is 5.42. The third-order valence-electron chi connectivity index (χ3n) is 8.25. The Bertz CT molecular complexity index is 1060. The molecule has 32 heavy (non-hydrogen) atoms. The van der Waals surface area contributed by atoms with Gasteiger partial charge < -0.3 is 4.74 Å². The van der Waals surface area contributed by atoms with Gasteiger partial charge in [-0.2, -0.15) is 0 Å². The Morgan fingerprint density at radius 1 is 1.12 bits per heavy atom. The van der Waals surface area contributed by atoms with E-state index in [4.69, 9.17) is 10.3 Å². The molecular formula is C26H29N3O3. The van der Waals surface area contributed by atoms with Crippen molar-refractivity contribution in [1.82, 2.24) is 0 Å². The van der Waals surface area contributed by atoms with Crippen molar-refractivity contribution in [3.63, 3.8) is 0 Å². The number of nitrogens with zero attached hydrogens (tertiary/aromatic N) is 3. The van der Waals surface area contributed by atoms with Crippen molar-refractivity contribution in [1.29, 1.82) is 0 Å². The van der Waals surface area contributed by atoms with Gasteiger partial charge in [0.05, 0.1) is 13.2 Å². The van der Waals surface area contributed by atoms with E-state index in [1.807, 2.05) is 18.2 Å². The first-order chi connectivity index (χ1) is 15.5. The maximum atomic E-state index is 13.0. The molecule has 0 aliphatic heterocycles. The van der Waals surface area contributed by atoms with Crippen LogP contribution in [-0.2, 0) is 9.59 Å². The molecule has 4 atom stereocenters. The van der Waals surface area contributed by atoms with Gasteiger partial charge in [-0.3, -0.25) is 9.59 Å². The number of ether oxygens (including phenoxy) is 1. The van der Waals surface area contributed by atoms with E-state index in [2.05, 4.69) is 29.1 Å². The number of hydrogen-bond donors (Lipinski definition) is 0. The summed E-state index contributed by atoms with van der Waals surface area (Å²) in [6.07, 6.45) is 7.87. The molecule has 5 rings (SSSR count). The van der Waals surface area contributed by atoms with Crippen LogP contribution in [0.2, 0.25) is 0 Å². The number of carbonyl (C=O) groups excluding carboxylic acids is 2. The number of ketones is 2. The number of allylic oxidation sites excluding steroid dienone is 4. The van der Waals surface area contributed by atoms with Gasteiger partial charge in [-0.15, -0.1) is 0 Å². The molecule has 0 aromatic heterocycles. The van der Waals surface area contributed by atoms with E-state index < -0.39 is 0 Å². The van der Waals surface area contributed by atoms with Gasteiger partial charge in [-0.1, -0.05) is 29.7 Å². The molecule has 0 radical (unpaired) electrons. The minimum absolute atomic E-state index is 0.201. The lowest BCUT2D eigenvalue weighted by Gasteiger charge is -2.50. The lowest BCUT2D eigenvalue weighted by atomic mass is 9.53. The average Bonchev–Trinajstić information content (AvgIpc) is 3.10. The van der Waals surface area contributed by atoms with Crippen molar-refractivity contribution in [3.8, 4) is 5.75 Å². The van der Waals surface area contributed by atoms with Crippen molar-refractivity contribution in [2.24, 2.45) is 22.4 Å². The molecule has 4 aliphatic rings. The van der Waals surface area contributed by atoms with Crippen LogP contribution in [0.4, 0.5) is 0 Å². The lowest BCUT2D eigenvalue weighted by molar-refractivity contribution is -0.128. The molecule has 6 nitrogen and oxygen atoms in total. The molecular weight excluding hydrogens is 402 g/mol. The van der Waals surface area contributed by atoms with E-state index in [1.54, 1.807) is 0 Å². The molecule has 166 valence electrons. The Morgan fingerprint density at radius 3 is 2.72 bits per heavy atom. The summed E-state index contributed by atoms with van der Waals surface area (Å²) in [6.45, 7) is 2.85. The van der Waals surface area contributed by atoms with Gasteiger partial charge in [0.15, 0.2) is 5.78 Å². The van der Waals surface area contributed by atoms with Crippen LogP contribution in [0.15, 0.2) is 52.2 Å². The van der Waals surface area contributed by atoms with Crippen LogP contribution in [0.5, 0.6) is 5.75 Å². The number of Topliss-reactive ketones (excluding diaryl/α,β-unsaturated/α-hetero) is 1. The van der Waals surface area contributed by atoms with Gasteiger partial charge in [-0.05, 0) is 84.4 Å². The fraction of sp³-hybridized carbons (Fsp3) is 0.538. The number of rotatable bonds is 5. The molecule has 0 spiro atoms. The quantitative estimate of drug-likeness (QED) is 0.253. The minimum Gasteiger partial charge on any atom is -0.493 e. The van der Waals surface area contributed by atoms with E-state index in [0.29, 0.717) is 43.6 Å². The zero-order chi connectivity index (χ0) is 22.3. The van der Waals surface area contributed by atoms with Crippen LogP contribution in [0.3, 0.4) is 0 Å². The molecule has 6 heteroatoms. The van der Waals surface area contributed by atoms with Crippen molar-refractivity contribution in [3.05, 3.63) is 63.1 Å². The molecule has 2 saturated carbocycles. The molecule has 1 aromatic carbocycles. The van der Waals surface area contributed by atoms with Crippen molar-refractivity contribution in [2.75, 3.05) is 13.2 Å². The third-order valence-corrected chi connectivity index (χ3v) is 8.25. The van der Waals surface area contributed by atoms with E-state index in [1.165, 1.54) is 22.3 Å². The molecule has 0 amide bonds. The monoisotopic (exact) mass is 431 g/mol. The summed E-state index contributed by atoms with van der Waals surface area (Å²) < 4.78 is 5.68. The second-order valence-electron chi connectivity index (χ2n) is 9.83. The van der Waals surface area contributed by atoms with E-state index in [0.717, 1.165) is 37.9 Å². The van der Waals surface area contributed by atoms with Crippen LogP contribution in [0.25, 0.3) is 10.4 Å². The number of benzene rings is 1. The van der Waals surface area contributed by atoms with E-state index >= 15 is 0 Å². The maximum Gasteiger partial charge on any atom is 0.156 e. The van der Waals surface area contributed by atoms with Crippen LogP contribution < -0.4 is 4.74 Å².